The Balaban J connectivity index is 1.47. The molecule has 0 aliphatic carbocycles. The maximum Gasteiger partial charge on any atom is 0.325 e. The van der Waals surface area contributed by atoms with Crippen LogP contribution in [0.2, 0.25) is 5.02 Å². The second-order valence-corrected chi connectivity index (χ2v) is 7.37. The number of nitro benzene ring substituents is 1. The number of nitrogens with zero attached hydrogens (tertiary/aromatic N) is 2. The smallest absolute Gasteiger partial charge is 0.325 e. The predicted octanol–water partition coefficient (Wildman–Crippen LogP) is 2.96. The van der Waals surface area contributed by atoms with Gasteiger partial charge in [0.05, 0.1) is 4.92 Å². The minimum Gasteiger partial charge on any atom is -0.460 e. The molecular formula is C21H20ClN3O6. The number of rotatable bonds is 7. The molecule has 1 heterocycles. The number of nitro groups is 1. The Morgan fingerprint density at radius 2 is 1.71 bits per heavy atom. The number of benzene rings is 2. The number of carbonyl (C=O) groups is 3. The molecule has 2 aromatic rings. The van der Waals surface area contributed by atoms with E-state index in [4.69, 9.17) is 16.3 Å². The van der Waals surface area contributed by atoms with Crippen molar-refractivity contribution in [1.29, 1.82) is 0 Å². The van der Waals surface area contributed by atoms with Crippen molar-refractivity contribution >= 4 is 35.1 Å². The number of halogens is 1. The van der Waals surface area contributed by atoms with Crippen LogP contribution in [0.15, 0.2) is 42.5 Å². The number of hydrogen-bond donors (Lipinski definition) is 1. The van der Waals surface area contributed by atoms with Gasteiger partial charge in [-0.15, -0.1) is 0 Å². The van der Waals surface area contributed by atoms with Gasteiger partial charge >= 0.3 is 5.97 Å². The Kier molecular flexibility index (Phi) is 7.19. The monoisotopic (exact) mass is 445 g/mol. The van der Waals surface area contributed by atoms with Gasteiger partial charge in [0.1, 0.15) is 18.2 Å². The Bertz CT molecular complexity index is 1000. The van der Waals surface area contributed by atoms with Crippen molar-refractivity contribution in [1.82, 2.24) is 10.2 Å². The summed E-state index contributed by atoms with van der Waals surface area (Å²) < 4.78 is 5.12. The van der Waals surface area contributed by atoms with Crippen LogP contribution in [0.1, 0.15) is 39.1 Å². The van der Waals surface area contributed by atoms with Crippen molar-refractivity contribution in [2.75, 3.05) is 19.6 Å². The normalized spacial score (nSPS) is 13.0. The summed E-state index contributed by atoms with van der Waals surface area (Å²) in [6, 6.07) is 10.4. The second kappa shape index (κ2) is 10.0. The summed E-state index contributed by atoms with van der Waals surface area (Å²) in [7, 11) is 0. The second-order valence-electron chi connectivity index (χ2n) is 6.96. The number of likely N-dealkylation sites (tertiary alicyclic amines) is 1. The number of amides is 2. The molecule has 0 atom stereocenters. The Labute approximate surface area is 183 Å². The summed E-state index contributed by atoms with van der Waals surface area (Å²) in [5.74, 6) is -1.35. The first kappa shape index (κ1) is 22.2. The van der Waals surface area contributed by atoms with Crippen LogP contribution in [0.25, 0.3) is 0 Å². The number of carbonyl (C=O) groups excluding carboxylic acids is 3. The van der Waals surface area contributed by atoms with Gasteiger partial charge in [-0.2, -0.15) is 0 Å². The van der Waals surface area contributed by atoms with E-state index in [2.05, 4.69) is 5.32 Å². The summed E-state index contributed by atoms with van der Waals surface area (Å²) >= 11 is 5.71. The highest BCUT2D eigenvalue weighted by atomic mass is 35.5. The molecule has 0 unspecified atom stereocenters. The van der Waals surface area contributed by atoms with Crippen LogP contribution < -0.4 is 5.32 Å². The third kappa shape index (κ3) is 5.79. The molecule has 10 heteroatoms. The topological polar surface area (TPSA) is 119 Å². The van der Waals surface area contributed by atoms with E-state index in [9.17, 15) is 24.5 Å². The van der Waals surface area contributed by atoms with E-state index in [-0.39, 0.29) is 23.1 Å². The Morgan fingerprint density at radius 3 is 2.35 bits per heavy atom. The molecule has 1 N–H and O–H groups in total. The fourth-order valence-corrected chi connectivity index (χ4v) is 3.30. The minimum absolute atomic E-state index is 0.00200. The maximum absolute atomic E-state index is 12.3. The SMILES string of the molecule is O=C(CNC(=O)c1ccc(Cl)c([N+](=O)[O-])c1)OCc1ccc(C(=O)N2CCCC2)cc1. The lowest BCUT2D eigenvalue weighted by molar-refractivity contribution is -0.384. The minimum atomic E-state index is -0.697. The van der Waals surface area contributed by atoms with Gasteiger partial charge in [0.15, 0.2) is 0 Å². The summed E-state index contributed by atoms with van der Waals surface area (Å²) in [6.45, 7) is 1.13. The lowest BCUT2D eigenvalue weighted by Gasteiger charge is -2.15. The summed E-state index contributed by atoms with van der Waals surface area (Å²) in [5, 5.41) is 13.2. The highest BCUT2D eigenvalue weighted by Gasteiger charge is 2.19. The zero-order valence-corrected chi connectivity index (χ0v) is 17.3. The molecule has 3 rings (SSSR count). The highest BCUT2D eigenvalue weighted by molar-refractivity contribution is 6.32. The standard InChI is InChI=1S/C21H20ClN3O6/c22-17-8-7-16(11-18(17)25(29)30)20(27)23-12-19(26)31-13-14-3-5-15(6-4-14)21(28)24-9-1-2-10-24/h3-8,11H,1-2,9-10,12-13H2,(H,23,27). The zero-order chi connectivity index (χ0) is 22.4. The Hall–Kier alpha value is -3.46. The summed E-state index contributed by atoms with van der Waals surface area (Å²) in [6.07, 6.45) is 2.04. The fraction of sp³-hybridized carbons (Fsp3) is 0.286. The van der Waals surface area contributed by atoms with Crippen molar-refractivity contribution in [3.8, 4) is 0 Å². The first-order valence-corrected chi connectivity index (χ1v) is 9.99. The van der Waals surface area contributed by atoms with Gasteiger partial charge in [-0.05, 0) is 42.7 Å². The lowest BCUT2D eigenvalue weighted by atomic mass is 10.1. The van der Waals surface area contributed by atoms with Gasteiger partial charge in [-0.1, -0.05) is 23.7 Å². The molecular weight excluding hydrogens is 426 g/mol. The van der Waals surface area contributed by atoms with Crippen LogP contribution in [-0.2, 0) is 16.1 Å². The first-order chi connectivity index (χ1) is 14.8. The molecule has 0 aromatic heterocycles. The summed E-state index contributed by atoms with van der Waals surface area (Å²) in [5.41, 5.74) is 0.887. The number of ether oxygens (including phenoxy) is 1. The van der Waals surface area contributed by atoms with Crippen LogP contribution in [-0.4, -0.2) is 47.2 Å². The van der Waals surface area contributed by atoms with E-state index < -0.39 is 29.0 Å². The van der Waals surface area contributed by atoms with E-state index in [1.54, 1.807) is 24.3 Å². The van der Waals surface area contributed by atoms with Crippen molar-refractivity contribution in [2.24, 2.45) is 0 Å². The fourth-order valence-electron chi connectivity index (χ4n) is 3.11. The molecule has 162 valence electrons. The maximum atomic E-state index is 12.3. The third-order valence-corrected chi connectivity index (χ3v) is 5.11. The van der Waals surface area contributed by atoms with E-state index in [0.717, 1.165) is 32.0 Å². The van der Waals surface area contributed by atoms with Crippen molar-refractivity contribution in [3.05, 3.63) is 74.3 Å². The number of hydrogen-bond acceptors (Lipinski definition) is 6. The molecule has 2 aromatic carbocycles. The molecule has 0 radical (unpaired) electrons. The van der Waals surface area contributed by atoms with Crippen LogP contribution in [0, 0.1) is 10.1 Å². The molecule has 2 amide bonds. The molecule has 1 saturated heterocycles. The Morgan fingerprint density at radius 1 is 1.06 bits per heavy atom. The summed E-state index contributed by atoms with van der Waals surface area (Å²) in [4.78, 5) is 48.3. The van der Waals surface area contributed by atoms with Crippen LogP contribution in [0.5, 0.6) is 0 Å². The van der Waals surface area contributed by atoms with Gasteiger partial charge in [0, 0.05) is 30.3 Å². The van der Waals surface area contributed by atoms with Crippen molar-refractivity contribution < 1.29 is 24.0 Å². The van der Waals surface area contributed by atoms with E-state index in [0.29, 0.717) is 11.1 Å². The zero-order valence-electron chi connectivity index (χ0n) is 16.5. The average Bonchev–Trinajstić information content (AvgIpc) is 3.31. The van der Waals surface area contributed by atoms with E-state index in [1.165, 1.54) is 12.1 Å². The quantitative estimate of drug-likeness (QED) is 0.397. The predicted molar refractivity (Wildman–Crippen MR) is 112 cm³/mol. The van der Waals surface area contributed by atoms with Crippen molar-refractivity contribution in [3.63, 3.8) is 0 Å². The van der Waals surface area contributed by atoms with E-state index in [1.807, 2.05) is 4.90 Å². The molecule has 0 bridgehead atoms. The average molecular weight is 446 g/mol. The molecule has 1 aliphatic rings. The van der Waals surface area contributed by atoms with Gasteiger partial charge in [0.25, 0.3) is 17.5 Å². The van der Waals surface area contributed by atoms with Crippen LogP contribution >= 0.6 is 11.6 Å². The number of esters is 1. The third-order valence-electron chi connectivity index (χ3n) is 4.79. The van der Waals surface area contributed by atoms with Crippen molar-refractivity contribution in [2.45, 2.75) is 19.4 Å². The van der Waals surface area contributed by atoms with Gasteiger partial charge in [-0.3, -0.25) is 24.5 Å². The van der Waals surface area contributed by atoms with E-state index >= 15 is 0 Å². The van der Waals surface area contributed by atoms with Gasteiger partial charge in [-0.25, -0.2) is 0 Å². The van der Waals surface area contributed by atoms with Crippen LogP contribution in [0.3, 0.4) is 0 Å². The molecule has 0 saturated carbocycles. The largest absolute Gasteiger partial charge is 0.460 e. The molecule has 31 heavy (non-hydrogen) atoms. The molecule has 1 fully saturated rings. The lowest BCUT2D eigenvalue weighted by Crippen LogP contribution is -2.30. The first-order valence-electron chi connectivity index (χ1n) is 9.61. The van der Waals surface area contributed by atoms with Crippen LogP contribution in [0.4, 0.5) is 5.69 Å². The van der Waals surface area contributed by atoms with Gasteiger partial charge < -0.3 is 15.0 Å². The highest BCUT2D eigenvalue weighted by Crippen LogP contribution is 2.25. The number of nitrogens with one attached hydrogen (secondary N) is 1. The molecule has 9 nitrogen and oxygen atoms in total. The molecule has 1 aliphatic heterocycles. The molecule has 0 spiro atoms. The van der Waals surface area contributed by atoms with Gasteiger partial charge in [0.2, 0.25) is 0 Å².